The molecular weight excluding hydrogens is 432 g/mol. The minimum Gasteiger partial charge on any atom is -0.495 e. The van der Waals surface area contributed by atoms with Crippen molar-refractivity contribution >= 4 is 44.7 Å². The molecule has 33 heavy (non-hydrogen) atoms. The normalized spacial score (nSPS) is 18.1. The van der Waals surface area contributed by atoms with Crippen LogP contribution < -0.4 is 20.3 Å². The highest BCUT2D eigenvalue weighted by Gasteiger charge is 2.38. The van der Waals surface area contributed by atoms with E-state index in [-0.39, 0.29) is 5.54 Å². The van der Waals surface area contributed by atoms with Crippen LogP contribution >= 0.6 is 11.3 Å². The van der Waals surface area contributed by atoms with E-state index >= 15 is 0 Å². The number of thiophene rings is 1. The van der Waals surface area contributed by atoms with Crippen LogP contribution in [0.5, 0.6) is 5.75 Å². The fourth-order valence-corrected chi connectivity index (χ4v) is 5.52. The predicted molar refractivity (Wildman–Crippen MR) is 139 cm³/mol. The van der Waals surface area contributed by atoms with Gasteiger partial charge in [-0.15, -0.1) is 11.3 Å². The first-order valence-corrected chi connectivity index (χ1v) is 12.6. The molecule has 1 saturated carbocycles. The zero-order valence-electron chi connectivity index (χ0n) is 20.2. The van der Waals surface area contributed by atoms with E-state index in [0.717, 1.165) is 46.2 Å². The summed E-state index contributed by atoms with van der Waals surface area (Å²) in [6.45, 7) is 6.45. The Balaban J connectivity index is 1.38. The number of aromatic nitrogens is 2. The van der Waals surface area contributed by atoms with Crippen LogP contribution in [0.4, 0.5) is 23.1 Å². The van der Waals surface area contributed by atoms with Gasteiger partial charge in [0.05, 0.1) is 18.2 Å². The number of fused-ring (bicyclic) bond motifs is 1. The number of aryl methyl sites for hydroxylation is 1. The van der Waals surface area contributed by atoms with Crippen molar-refractivity contribution in [1.29, 1.82) is 0 Å². The molecule has 2 N–H and O–H groups in total. The third-order valence-electron chi connectivity index (χ3n) is 7.01. The molecule has 1 aliphatic carbocycles. The van der Waals surface area contributed by atoms with E-state index in [2.05, 4.69) is 72.0 Å². The van der Waals surface area contributed by atoms with Gasteiger partial charge in [0, 0.05) is 36.4 Å². The molecule has 0 spiro atoms. The Hall–Kier alpha value is -2.58. The van der Waals surface area contributed by atoms with Crippen LogP contribution in [0, 0.1) is 6.92 Å². The number of methoxy groups -OCH3 is 1. The molecule has 0 amide bonds. The first-order chi connectivity index (χ1) is 15.8. The fourth-order valence-electron chi connectivity index (χ4n) is 4.60. The molecule has 5 rings (SSSR count). The number of benzene rings is 1. The van der Waals surface area contributed by atoms with Gasteiger partial charge < -0.3 is 25.2 Å². The van der Waals surface area contributed by atoms with E-state index < -0.39 is 0 Å². The Bertz CT molecular complexity index is 1150. The van der Waals surface area contributed by atoms with Crippen molar-refractivity contribution in [3.05, 3.63) is 29.1 Å². The molecule has 2 aromatic heterocycles. The largest absolute Gasteiger partial charge is 0.495 e. The number of piperidine rings is 1. The van der Waals surface area contributed by atoms with Crippen molar-refractivity contribution in [2.24, 2.45) is 0 Å². The third-order valence-corrected chi connectivity index (χ3v) is 8.00. The summed E-state index contributed by atoms with van der Waals surface area (Å²) >= 11 is 1.66. The van der Waals surface area contributed by atoms with E-state index in [0.29, 0.717) is 12.0 Å². The van der Waals surface area contributed by atoms with Crippen molar-refractivity contribution in [3.63, 3.8) is 0 Å². The molecule has 8 heteroatoms. The molecule has 1 aromatic carbocycles. The van der Waals surface area contributed by atoms with E-state index in [4.69, 9.17) is 14.7 Å². The summed E-state index contributed by atoms with van der Waals surface area (Å²) in [5.41, 5.74) is 3.44. The van der Waals surface area contributed by atoms with Crippen LogP contribution in [0.2, 0.25) is 0 Å². The molecule has 0 radical (unpaired) electrons. The van der Waals surface area contributed by atoms with Crippen molar-refractivity contribution in [1.82, 2.24) is 14.9 Å². The molecule has 2 fully saturated rings. The summed E-state index contributed by atoms with van der Waals surface area (Å²) in [4.78, 5) is 15.4. The van der Waals surface area contributed by atoms with Gasteiger partial charge in [-0.2, -0.15) is 4.98 Å². The second-order valence-electron chi connectivity index (χ2n) is 9.87. The number of nitrogens with one attached hydrogen (secondary N) is 2. The number of hydrogen-bond donors (Lipinski definition) is 2. The standard InChI is InChI=1S/C25H34N6OS/c1-16-15-33-23-21(16)22(29-25(2)10-11-25)27-24(28-23)26-17-6-7-19(20(14-17)32-5)31-12-8-18(9-13-31)30(3)4/h6-7,14-15,18H,8-13H2,1-5H3,(H2,26,27,28,29). The molecule has 7 nitrogen and oxygen atoms in total. The lowest BCUT2D eigenvalue weighted by Gasteiger charge is -2.37. The van der Waals surface area contributed by atoms with Crippen molar-refractivity contribution < 1.29 is 4.74 Å². The Morgan fingerprint density at radius 1 is 1.18 bits per heavy atom. The Morgan fingerprint density at radius 2 is 1.94 bits per heavy atom. The highest BCUT2D eigenvalue weighted by atomic mass is 32.1. The van der Waals surface area contributed by atoms with Crippen LogP contribution in [-0.2, 0) is 0 Å². The smallest absolute Gasteiger partial charge is 0.230 e. The lowest BCUT2D eigenvalue weighted by molar-refractivity contribution is 0.249. The number of rotatable bonds is 7. The lowest BCUT2D eigenvalue weighted by atomic mass is 10.0. The molecule has 1 saturated heterocycles. The van der Waals surface area contributed by atoms with E-state index in [1.165, 1.54) is 31.2 Å². The lowest BCUT2D eigenvalue weighted by Crippen LogP contribution is -2.42. The number of ether oxygens (including phenoxy) is 1. The first kappa shape index (κ1) is 22.2. The highest BCUT2D eigenvalue weighted by Crippen LogP contribution is 2.41. The summed E-state index contributed by atoms with van der Waals surface area (Å²) in [6.07, 6.45) is 4.68. The molecule has 3 heterocycles. The molecule has 0 atom stereocenters. The summed E-state index contributed by atoms with van der Waals surface area (Å²) in [6, 6.07) is 6.95. The summed E-state index contributed by atoms with van der Waals surface area (Å²) in [5.74, 6) is 2.41. The van der Waals surface area contributed by atoms with Crippen LogP contribution in [0.15, 0.2) is 23.6 Å². The minimum atomic E-state index is 0.151. The van der Waals surface area contributed by atoms with Gasteiger partial charge >= 0.3 is 0 Å². The van der Waals surface area contributed by atoms with Crippen LogP contribution in [0.3, 0.4) is 0 Å². The second-order valence-corrected chi connectivity index (χ2v) is 10.7. The highest BCUT2D eigenvalue weighted by molar-refractivity contribution is 7.17. The van der Waals surface area contributed by atoms with E-state index in [9.17, 15) is 0 Å². The average molecular weight is 467 g/mol. The summed E-state index contributed by atoms with van der Waals surface area (Å²) in [5, 5.41) is 10.4. The Labute approximate surface area is 200 Å². The SMILES string of the molecule is COc1cc(Nc2nc(NC3(C)CC3)c3c(C)csc3n2)ccc1N1CCC(N(C)C)CC1. The molecular formula is C25H34N6OS. The zero-order valence-corrected chi connectivity index (χ0v) is 21.1. The van der Waals surface area contributed by atoms with E-state index in [1.54, 1.807) is 18.4 Å². The van der Waals surface area contributed by atoms with Crippen molar-refractivity contribution in [2.75, 3.05) is 49.8 Å². The maximum Gasteiger partial charge on any atom is 0.230 e. The van der Waals surface area contributed by atoms with E-state index in [1.807, 2.05) is 0 Å². The van der Waals surface area contributed by atoms with Gasteiger partial charge in [-0.1, -0.05) is 0 Å². The van der Waals surface area contributed by atoms with Gasteiger partial charge in [-0.05, 0) is 76.7 Å². The molecule has 1 aliphatic heterocycles. The van der Waals surface area contributed by atoms with Crippen molar-refractivity contribution in [2.45, 2.75) is 51.1 Å². The summed E-state index contributed by atoms with van der Waals surface area (Å²) in [7, 11) is 6.08. The molecule has 2 aliphatic rings. The molecule has 0 bridgehead atoms. The topological polar surface area (TPSA) is 65.5 Å². The van der Waals surface area contributed by atoms with Gasteiger partial charge in [0.25, 0.3) is 0 Å². The Morgan fingerprint density at radius 3 is 2.61 bits per heavy atom. The number of hydrogen-bond acceptors (Lipinski definition) is 8. The van der Waals surface area contributed by atoms with Crippen LogP contribution in [0.25, 0.3) is 10.2 Å². The molecule has 0 unspecified atom stereocenters. The van der Waals surface area contributed by atoms with Gasteiger partial charge in [-0.3, -0.25) is 0 Å². The quantitative estimate of drug-likeness (QED) is 0.493. The maximum atomic E-state index is 5.78. The van der Waals surface area contributed by atoms with Gasteiger partial charge in [0.15, 0.2) is 0 Å². The fraction of sp³-hybridized carbons (Fsp3) is 0.520. The summed E-state index contributed by atoms with van der Waals surface area (Å²) < 4.78 is 5.78. The minimum absolute atomic E-state index is 0.151. The molecule has 176 valence electrons. The van der Waals surface area contributed by atoms with Gasteiger partial charge in [-0.25, -0.2) is 4.98 Å². The Kier molecular flexibility index (Phi) is 5.82. The molecule has 3 aromatic rings. The number of nitrogens with zero attached hydrogens (tertiary/aromatic N) is 4. The zero-order chi connectivity index (χ0) is 23.2. The van der Waals surface area contributed by atoms with Gasteiger partial charge in [0.2, 0.25) is 5.95 Å². The first-order valence-electron chi connectivity index (χ1n) is 11.8. The second kappa shape index (κ2) is 8.65. The van der Waals surface area contributed by atoms with Crippen LogP contribution in [-0.4, -0.2) is 60.7 Å². The van der Waals surface area contributed by atoms with Gasteiger partial charge in [0.1, 0.15) is 16.4 Å². The maximum absolute atomic E-state index is 5.78. The van der Waals surface area contributed by atoms with Crippen molar-refractivity contribution in [3.8, 4) is 5.75 Å². The third kappa shape index (κ3) is 4.59. The average Bonchev–Trinajstić information content (AvgIpc) is 3.41. The van der Waals surface area contributed by atoms with Crippen LogP contribution in [0.1, 0.15) is 38.2 Å². The monoisotopic (exact) mass is 466 g/mol. The predicted octanol–water partition coefficient (Wildman–Crippen LogP) is 5.25. The number of anilines is 4.